The van der Waals surface area contributed by atoms with Crippen molar-refractivity contribution in [2.45, 2.75) is 18.9 Å². The molecule has 1 unspecified atom stereocenters. The summed E-state index contributed by atoms with van der Waals surface area (Å²) in [6.45, 7) is 0. The molecular weight excluding hydrogens is 190 g/mol. The summed E-state index contributed by atoms with van der Waals surface area (Å²) in [5, 5.41) is 3.20. The third kappa shape index (κ3) is 4.32. The Balaban J connectivity index is 4.17. The standard InChI is InChI=1S/C7H11N3O4/c1-13-6(11)4-3-5(9-10-8)7(12)14-2/h5H,3-4H2,1-2H3. The normalized spacial score (nSPS) is 11.0. The van der Waals surface area contributed by atoms with Crippen LogP contribution in [0.3, 0.4) is 0 Å². The van der Waals surface area contributed by atoms with Crippen LogP contribution >= 0.6 is 0 Å². The summed E-state index contributed by atoms with van der Waals surface area (Å²) in [6.07, 6.45) is 0.0959. The maximum atomic E-state index is 11.0. The van der Waals surface area contributed by atoms with E-state index >= 15 is 0 Å². The van der Waals surface area contributed by atoms with Gasteiger partial charge in [0, 0.05) is 11.3 Å². The fraction of sp³-hybridized carbons (Fsp3) is 0.714. The molecule has 0 amide bonds. The van der Waals surface area contributed by atoms with Crippen molar-refractivity contribution in [2.75, 3.05) is 14.2 Å². The number of ether oxygens (including phenoxy) is 2. The number of hydrogen-bond acceptors (Lipinski definition) is 5. The van der Waals surface area contributed by atoms with Gasteiger partial charge in [-0.05, 0) is 12.0 Å². The molecule has 0 aromatic heterocycles. The largest absolute Gasteiger partial charge is 0.469 e. The lowest BCUT2D eigenvalue weighted by molar-refractivity contribution is -0.143. The number of azide groups is 1. The van der Waals surface area contributed by atoms with Gasteiger partial charge in [-0.2, -0.15) is 0 Å². The molecular formula is C7H11N3O4. The minimum absolute atomic E-state index is 0.00921. The van der Waals surface area contributed by atoms with Crippen LogP contribution in [0, 0.1) is 0 Å². The lowest BCUT2D eigenvalue weighted by Gasteiger charge is -2.06. The number of carbonyl (C=O) groups excluding carboxylic acids is 2. The van der Waals surface area contributed by atoms with Gasteiger partial charge in [0.05, 0.1) is 14.2 Å². The molecule has 7 heteroatoms. The Hall–Kier alpha value is -1.75. The zero-order chi connectivity index (χ0) is 11.0. The first-order valence-electron chi connectivity index (χ1n) is 3.84. The fourth-order valence-electron chi connectivity index (χ4n) is 0.778. The van der Waals surface area contributed by atoms with Gasteiger partial charge in [-0.25, -0.2) is 0 Å². The molecule has 0 bridgehead atoms. The minimum atomic E-state index is -0.968. The van der Waals surface area contributed by atoms with E-state index in [1.54, 1.807) is 0 Å². The second-order valence-corrected chi connectivity index (χ2v) is 2.36. The smallest absolute Gasteiger partial charge is 0.314 e. The molecule has 0 N–H and O–H groups in total. The molecule has 0 fully saturated rings. The van der Waals surface area contributed by atoms with Crippen molar-refractivity contribution in [3.63, 3.8) is 0 Å². The highest BCUT2D eigenvalue weighted by Crippen LogP contribution is 2.05. The third-order valence-electron chi connectivity index (χ3n) is 1.51. The van der Waals surface area contributed by atoms with Gasteiger partial charge in [-0.1, -0.05) is 5.11 Å². The molecule has 0 saturated heterocycles. The predicted octanol–water partition coefficient (Wildman–Crippen LogP) is 0.791. The first-order valence-corrected chi connectivity index (χ1v) is 3.84. The van der Waals surface area contributed by atoms with Gasteiger partial charge in [0.1, 0.15) is 6.04 Å². The minimum Gasteiger partial charge on any atom is -0.469 e. The Labute approximate surface area is 80.6 Å². The van der Waals surface area contributed by atoms with E-state index in [2.05, 4.69) is 19.5 Å². The fourth-order valence-corrected chi connectivity index (χ4v) is 0.778. The van der Waals surface area contributed by atoms with Crippen LogP contribution in [0.1, 0.15) is 12.8 Å². The zero-order valence-electron chi connectivity index (χ0n) is 7.97. The Morgan fingerprint density at radius 1 is 1.43 bits per heavy atom. The van der Waals surface area contributed by atoms with Crippen molar-refractivity contribution >= 4 is 11.9 Å². The van der Waals surface area contributed by atoms with E-state index in [0.717, 1.165) is 0 Å². The summed E-state index contributed by atoms with van der Waals surface area (Å²) in [6, 6.07) is -0.968. The van der Waals surface area contributed by atoms with Crippen LogP contribution in [0.2, 0.25) is 0 Å². The maximum absolute atomic E-state index is 11.0. The van der Waals surface area contributed by atoms with Gasteiger partial charge >= 0.3 is 11.9 Å². The average Bonchev–Trinajstić information content (AvgIpc) is 2.22. The molecule has 0 aliphatic rings. The van der Waals surface area contributed by atoms with E-state index < -0.39 is 18.0 Å². The van der Waals surface area contributed by atoms with Crippen LogP contribution < -0.4 is 0 Å². The van der Waals surface area contributed by atoms with Crippen LogP contribution in [0.5, 0.6) is 0 Å². The molecule has 1 atom stereocenters. The number of rotatable bonds is 5. The molecule has 14 heavy (non-hydrogen) atoms. The third-order valence-corrected chi connectivity index (χ3v) is 1.51. The molecule has 0 aromatic carbocycles. The van der Waals surface area contributed by atoms with Crippen molar-refractivity contribution in [3.05, 3.63) is 10.4 Å². The van der Waals surface area contributed by atoms with Crippen molar-refractivity contribution < 1.29 is 19.1 Å². The second kappa shape index (κ2) is 6.73. The zero-order valence-corrected chi connectivity index (χ0v) is 7.97. The molecule has 0 rings (SSSR count). The summed E-state index contributed by atoms with van der Waals surface area (Å²) in [5.41, 5.74) is 8.14. The molecule has 0 aromatic rings. The lowest BCUT2D eigenvalue weighted by Crippen LogP contribution is -2.20. The first-order chi connectivity index (χ1) is 6.65. The van der Waals surface area contributed by atoms with E-state index in [1.165, 1.54) is 14.2 Å². The van der Waals surface area contributed by atoms with Gasteiger partial charge in [0.25, 0.3) is 0 Å². The number of nitrogens with zero attached hydrogens (tertiary/aromatic N) is 3. The Bertz CT molecular complexity index is 260. The quantitative estimate of drug-likeness (QED) is 0.284. The Morgan fingerprint density at radius 3 is 2.50 bits per heavy atom. The molecule has 7 nitrogen and oxygen atoms in total. The van der Waals surface area contributed by atoms with Gasteiger partial charge < -0.3 is 9.47 Å². The van der Waals surface area contributed by atoms with Crippen LogP contribution in [-0.2, 0) is 19.1 Å². The summed E-state index contributed by atoms with van der Waals surface area (Å²) < 4.78 is 8.74. The van der Waals surface area contributed by atoms with Crippen LogP contribution in [0.4, 0.5) is 0 Å². The Kier molecular flexibility index (Phi) is 5.89. The summed E-state index contributed by atoms with van der Waals surface area (Å²) in [4.78, 5) is 24.2. The summed E-state index contributed by atoms with van der Waals surface area (Å²) in [5.74, 6) is -1.13. The molecule has 0 heterocycles. The Morgan fingerprint density at radius 2 is 2.07 bits per heavy atom. The topological polar surface area (TPSA) is 101 Å². The SMILES string of the molecule is COC(=O)CCC(N=[N+]=[N-])C(=O)OC. The molecule has 0 spiro atoms. The summed E-state index contributed by atoms with van der Waals surface area (Å²) >= 11 is 0. The van der Waals surface area contributed by atoms with E-state index in [4.69, 9.17) is 5.53 Å². The highest BCUT2D eigenvalue weighted by atomic mass is 16.5. The van der Waals surface area contributed by atoms with E-state index in [1.807, 2.05) is 0 Å². The highest BCUT2D eigenvalue weighted by Gasteiger charge is 2.18. The van der Waals surface area contributed by atoms with E-state index in [0.29, 0.717) is 0 Å². The van der Waals surface area contributed by atoms with E-state index in [9.17, 15) is 9.59 Å². The van der Waals surface area contributed by atoms with Crippen LogP contribution in [-0.4, -0.2) is 32.2 Å². The molecule has 0 aliphatic carbocycles. The molecule has 0 radical (unpaired) electrons. The van der Waals surface area contributed by atoms with E-state index in [-0.39, 0.29) is 12.8 Å². The van der Waals surface area contributed by atoms with Gasteiger partial charge in [0.2, 0.25) is 0 Å². The first kappa shape index (κ1) is 12.2. The highest BCUT2D eigenvalue weighted by molar-refractivity contribution is 5.77. The molecule has 78 valence electrons. The van der Waals surface area contributed by atoms with Crippen molar-refractivity contribution in [2.24, 2.45) is 5.11 Å². The maximum Gasteiger partial charge on any atom is 0.314 e. The average molecular weight is 201 g/mol. The van der Waals surface area contributed by atoms with Gasteiger partial charge in [-0.3, -0.25) is 9.59 Å². The molecule has 0 aliphatic heterocycles. The van der Waals surface area contributed by atoms with Crippen molar-refractivity contribution in [3.8, 4) is 0 Å². The number of carbonyl (C=O) groups is 2. The predicted molar refractivity (Wildman–Crippen MR) is 46.2 cm³/mol. The van der Waals surface area contributed by atoms with Crippen LogP contribution in [0.25, 0.3) is 10.4 Å². The van der Waals surface area contributed by atoms with Crippen molar-refractivity contribution in [1.82, 2.24) is 0 Å². The number of esters is 2. The number of methoxy groups -OCH3 is 2. The van der Waals surface area contributed by atoms with Gasteiger partial charge in [-0.15, -0.1) is 0 Å². The van der Waals surface area contributed by atoms with Gasteiger partial charge in [0.15, 0.2) is 0 Å². The molecule has 0 saturated carbocycles. The number of hydrogen-bond donors (Lipinski definition) is 0. The second-order valence-electron chi connectivity index (χ2n) is 2.36. The van der Waals surface area contributed by atoms with Crippen LogP contribution in [0.15, 0.2) is 5.11 Å². The monoisotopic (exact) mass is 201 g/mol. The summed E-state index contributed by atoms with van der Waals surface area (Å²) in [7, 11) is 2.42. The lowest BCUT2D eigenvalue weighted by atomic mass is 10.2. The van der Waals surface area contributed by atoms with Crippen molar-refractivity contribution in [1.29, 1.82) is 0 Å².